The minimum Gasteiger partial charge on any atom is -0.469 e. The van der Waals surface area contributed by atoms with Gasteiger partial charge in [0, 0.05) is 25.9 Å². The van der Waals surface area contributed by atoms with Gasteiger partial charge in [0.1, 0.15) is 0 Å². The Morgan fingerprint density at radius 2 is 1.89 bits per heavy atom. The van der Waals surface area contributed by atoms with Crippen molar-refractivity contribution in [1.82, 2.24) is 10.0 Å². The summed E-state index contributed by atoms with van der Waals surface area (Å²) in [5.74, 6) is -0.792. The second kappa shape index (κ2) is 8.87. The smallest absolute Gasteiger partial charge is 0.305 e. The van der Waals surface area contributed by atoms with Gasteiger partial charge in [0.25, 0.3) is 0 Å². The lowest BCUT2D eigenvalue weighted by atomic mass is 10.3. The molecule has 0 aliphatic carbocycles. The van der Waals surface area contributed by atoms with Crippen molar-refractivity contribution in [2.75, 3.05) is 26.0 Å². The molecule has 0 bridgehead atoms. The van der Waals surface area contributed by atoms with Gasteiger partial charge in [-0.3, -0.25) is 9.59 Å². The molecule has 0 aromatic rings. The molecule has 0 spiro atoms. The quantitative estimate of drug-likeness (QED) is 0.548. The molecular weight excluding hydrogens is 260 g/mol. The molecule has 0 aliphatic heterocycles. The minimum atomic E-state index is -3.43. The van der Waals surface area contributed by atoms with Crippen molar-refractivity contribution in [1.29, 1.82) is 0 Å². The van der Waals surface area contributed by atoms with Crippen LogP contribution in [0.25, 0.3) is 0 Å². The zero-order chi connectivity index (χ0) is 14.0. The maximum absolute atomic E-state index is 11.4. The van der Waals surface area contributed by atoms with Gasteiger partial charge in [-0.2, -0.15) is 0 Å². The predicted octanol–water partition coefficient (Wildman–Crippen LogP) is -0.615. The van der Waals surface area contributed by atoms with Gasteiger partial charge in [-0.15, -0.1) is 0 Å². The third kappa shape index (κ3) is 8.94. The lowest BCUT2D eigenvalue weighted by Crippen LogP contribution is -2.32. The maximum Gasteiger partial charge on any atom is 0.305 e. The van der Waals surface area contributed by atoms with Crippen LogP contribution < -0.4 is 10.0 Å². The van der Waals surface area contributed by atoms with Gasteiger partial charge in [-0.25, -0.2) is 13.1 Å². The highest BCUT2D eigenvalue weighted by Gasteiger charge is 2.11. The van der Waals surface area contributed by atoms with Gasteiger partial charge in [0.15, 0.2) is 0 Å². The van der Waals surface area contributed by atoms with E-state index in [4.69, 9.17) is 0 Å². The number of nitrogens with one attached hydrogen (secondary N) is 2. The molecule has 0 rings (SSSR count). The van der Waals surface area contributed by atoms with Crippen LogP contribution in [0.4, 0.5) is 0 Å². The Morgan fingerprint density at radius 1 is 1.22 bits per heavy atom. The predicted molar refractivity (Wildman–Crippen MR) is 66.3 cm³/mol. The average Bonchev–Trinajstić information content (AvgIpc) is 2.28. The second-order valence-corrected chi connectivity index (χ2v) is 5.52. The van der Waals surface area contributed by atoms with Crippen molar-refractivity contribution >= 4 is 21.9 Å². The Labute approximate surface area is 107 Å². The van der Waals surface area contributed by atoms with E-state index in [-0.39, 0.29) is 37.5 Å². The number of rotatable bonds is 9. The highest BCUT2D eigenvalue weighted by atomic mass is 32.2. The zero-order valence-electron chi connectivity index (χ0n) is 10.7. The molecule has 106 valence electrons. The molecule has 0 aromatic carbocycles. The number of methoxy groups -OCH3 is 1. The highest BCUT2D eigenvalue weighted by Crippen LogP contribution is 1.96. The normalized spacial score (nSPS) is 11.0. The van der Waals surface area contributed by atoms with Crippen molar-refractivity contribution in [3.63, 3.8) is 0 Å². The molecule has 0 aromatic heterocycles. The molecule has 0 unspecified atom stereocenters. The van der Waals surface area contributed by atoms with E-state index in [1.807, 2.05) is 0 Å². The van der Waals surface area contributed by atoms with Crippen molar-refractivity contribution in [3.05, 3.63) is 0 Å². The Hall–Kier alpha value is -1.15. The van der Waals surface area contributed by atoms with Crippen LogP contribution in [0.15, 0.2) is 0 Å². The SMILES string of the molecule is CCNC(=O)CCNS(=O)(=O)CCCC(=O)OC. The summed E-state index contributed by atoms with van der Waals surface area (Å²) >= 11 is 0. The number of esters is 1. The summed E-state index contributed by atoms with van der Waals surface area (Å²) in [6.07, 6.45) is 0.362. The van der Waals surface area contributed by atoms with E-state index in [1.54, 1.807) is 6.92 Å². The van der Waals surface area contributed by atoms with Crippen molar-refractivity contribution < 1.29 is 22.7 Å². The zero-order valence-corrected chi connectivity index (χ0v) is 11.5. The first-order valence-electron chi connectivity index (χ1n) is 5.72. The summed E-state index contributed by atoms with van der Waals surface area (Å²) in [6.45, 7) is 2.37. The summed E-state index contributed by atoms with van der Waals surface area (Å²) in [7, 11) is -2.18. The van der Waals surface area contributed by atoms with Crippen LogP contribution >= 0.6 is 0 Å². The second-order valence-electron chi connectivity index (χ2n) is 3.60. The van der Waals surface area contributed by atoms with Gasteiger partial charge < -0.3 is 10.1 Å². The van der Waals surface area contributed by atoms with E-state index in [1.165, 1.54) is 7.11 Å². The molecule has 0 saturated carbocycles. The number of sulfonamides is 1. The average molecular weight is 280 g/mol. The van der Waals surface area contributed by atoms with E-state index >= 15 is 0 Å². The molecule has 8 heteroatoms. The maximum atomic E-state index is 11.4. The van der Waals surface area contributed by atoms with Crippen LogP contribution in [-0.2, 0) is 24.3 Å². The lowest BCUT2D eigenvalue weighted by molar-refractivity contribution is -0.140. The molecule has 0 heterocycles. The number of hydrogen-bond donors (Lipinski definition) is 2. The van der Waals surface area contributed by atoms with Crippen molar-refractivity contribution in [3.8, 4) is 0 Å². The first-order valence-corrected chi connectivity index (χ1v) is 7.37. The summed E-state index contributed by atoms with van der Waals surface area (Å²) < 4.78 is 29.6. The molecule has 0 aliphatic rings. The molecule has 0 radical (unpaired) electrons. The standard InChI is InChI=1S/C10H20N2O5S/c1-3-11-9(13)6-7-12-18(15,16)8-4-5-10(14)17-2/h12H,3-8H2,1-2H3,(H,11,13). The van der Waals surface area contributed by atoms with Gasteiger partial charge in [-0.05, 0) is 13.3 Å². The minimum absolute atomic E-state index is 0.0619. The topological polar surface area (TPSA) is 102 Å². The van der Waals surface area contributed by atoms with E-state index in [2.05, 4.69) is 14.8 Å². The third-order valence-corrected chi connectivity index (χ3v) is 3.54. The molecule has 2 N–H and O–H groups in total. The number of ether oxygens (including phenoxy) is 1. The largest absolute Gasteiger partial charge is 0.469 e. The molecular formula is C10H20N2O5S. The Kier molecular flexibility index (Phi) is 8.30. The van der Waals surface area contributed by atoms with E-state index in [0.717, 1.165) is 0 Å². The third-order valence-electron chi connectivity index (χ3n) is 2.07. The van der Waals surface area contributed by atoms with E-state index in [0.29, 0.717) is 6.54 Å². The molecule has 1 amide bonds. The fourth-order valence-electron chi connectivity index (χ4n) is 1.19. The Bertz CT molecular complexity index is 366. The van der Waals surface area contributed by atoms with Crippen LogP contribution in [0.1, 0.15) is 26.2 Å². The summed E-state index contributed by atoms with van der Waals surface area (Å²) in [5, 5.41) is 2.56. The molecule has 0 atom stereocenters. The molecule has 7 nitrogen and oxygen atoms in total. The van der Waals surface area contributed by atoms with Crippen LogP contribution in [0.2, 0.25) is 0 Å². The van der Waals surface area contributed by atoms with E-state index in [9.17, 15) is 18.0 Å². The fourth-order valence-corrected chi connectivity index (χ4v) is 2.27. The summed E-state index contributed by atoms with van der Waals surface area (Å²) in [6, 6.07) is 0. The van der Waals surface area contributed by atoms with Crippen LogP contribution in [0.3, 0.4) is 0 Å². The van der Waals surface area contributed by atoms with Crippen molar-refractivity contribution in [2.24, 2.45) is 0 Å². The summed E-state index contributed by atoms with van der Waals surface area (Å²) in [4.78, 5) is 21.8. The van der Waals surface area contributed by atoms with E-state index < -0.39 is 16.0 Å². The lowest BCUT2D eigenvalue weighted by Gasteiger charge is -2.06. The fraction of sp³-hybridized carbons (Fsp3) is 0.800. The van der Waals surface area contributed by atoms with Crippen LogP contribution in [-0.4, -0.2) is 46.2 Å². The number of carbonyl (C=O) groups is 2. The number of carbonyl (C=O) groups excluding carboxylic acids is 2. The molecule has 18 heavy (non-hydrogen) atoms. The van der Waals surface area contributed by atoms with Crippen LogP contribution in [0.5, 0.6) is 0 Å². The molecule has 0 saturated heterocycles. The van der Waals surface area contributed by atoms with Gasteiger partial charge in [0.2, 0.25) is 15.9 Å². The van der Waals surface area contributed by atoms with Gasteiger partial charge in [-0.1, -0.05) is 0 Å². The van der Waals surface area contributed by atoms with Gasteiger partial charge in [0.05, 0.1) is 12.9 Å². The Morgan fingerprint density at radius 3 is 2.44 bits per heavy atom. The number of amides is 1. The van der Waals surface area contributed by atoms with Gasteiger partial charge >= 0.3 is 5.97 Å². The highest BCUT2D eigenvalue weighted by molar-refractivity contribution is 7.89. The number of hydrogen-bond acceptors (Lipinski definition) is 5. The first kappa shape index (κ1) is 16.9. The van der Waals surface area contributed by atoms with Crippen molar-refractivity contribution in [2.45, 2.75) is 26.2 Å². The molecule has 0 fully saturated rings. The Balaban J connectivity index is 3.80. The van der Waals surface area contributed by atoms with Crippen LogP contribution in [0, 0.1) is 0 Å². The first-order chi connectivity index (χ1) is 8.41. The summed E-state index contributed by atoms with van der Waals surface area (Å²) in [5.41, 5.74) is 0. The monoisotopic (exact) mass is 280 g/mol.